The average Bonchev–Trinajstić information content (AvgIpc) is 3.09. The van der Waals surface area contributed by atoms with Crippen LogP contribution in [-0.4, -0.2) is 23.7 Å². The van der Waals surface area contributed by atoms with Crippen LogP contribution in [0.3, 0.4) is 0 Å². The van der Waals surface area contributed by atoms with Crippen molar-refractivity contribution in [1.82, 2.24) is 5.32 Å². The molecular formula is C17H17NO3S. The molecule has 0 fully saturated rings. The van der Waals surface area contributed by atoms with Gasteiger partial charge in [-0.2, -0.15) is 0 Å². The highest BCUT2D eigenvalue weighted by Gasteiger charge is 2.32. The molecule has 0 radical (unpaired) electrons. The number of hydrogen-bond acceptors (Lipinski definition) is 4. The second-order valence-corrected chi connectivity index (χ2v) is 6.92. The summed E-state index contributed by atoms with van der Waals surface area (Å²) < 4.78 is 5.42. The first-order valence-corrected chi connectivity index (χ1v) is 8.30. The van der Waals surface area contributed by atoms with Crippen LogP contribution >= 0.6 is 11.3 Å². The molecule has 114 valence electrons. The van der Waals surface area contributed by atoms with E-state index < -0.39 is 6.10 Å². The number of nitrogens with one attached hydrogen (secondary N) is 1. The number of rotatable bonds is 2. The quantitative estimate of drug-likeness (QED) is 0.893. The number of aliphatic hydroxyl groups is 1. The molecule has 1 aliphatic heterocycles. The summed E-state index contributed by atoms with van der Waals surface area (Å²) in [4.78, 5) is 14.5. The molecule has 2 N–H and O–H groups in total. The van der Waals surface area contributed by atoms with Crippen LogP contribution in [0.4, 0.5) is 0 Å². The number of ether oxygens (including phenoxy) is 1. The van der Waals surface area contributed by atoms with Crippen molar-refractivity contribution in [3.05, 3.63) is 56.8 Å². The molecule has 22 heavy (non-hydrogen) atoms. The zero-order chi connectivity index (χ0) is 15.1. The van der Waals surface area contributed by atoms with Crippen LogP contribution in [0.2, 0.25) is 0 Å². The minimum atomic E-state index is -0.556. The molecule has 0 saturated heterocycles. The largest absolute Gasteiger partial charge is 0.390 e. The lowest BCUT2D eigenvalue weighted by atomic mass is 10.1. The third-order valence-electron chi connectivity index (χ3n) is 4.34. The summed E-state index contributed by atoms with van der Waals surface area (Å²) in [6, 6.07) is 9.48. The molecular weight excluding hydrogens is 298 g/mol. The van der Waals surface area contributed by atoms with Crippen LogP contribution in [0.15, 0.2) is 30.3 Å². The van der Waals surface area contributed by atoms with Crippen molar-refractivity contribution >= 4 is 17.2 Å². The van der Waals surface area contributed by atoms with Gasteiger partial charge < -0.3 is 15.2 Å². The van der Waals surface area contributed by atoms with Gasteiger partial charge in [0.2, 0.25) is 0 Å². The molecule has 5 heteroatoms. The summed E-state index contributed by atoms with van der Waals surface area (Å²) in [6.07, 6.45) is 0.914. The number of carbonyl (C=O) groups is 1. The maximum atomic E-state index is 12.5. The van der Waals surface area contributed by atoms with Crippen molar-refractivity contribution in [2.45, 2.75) is 31.6 Å². The topological polar surface area (TPSA) is 58.6 Å². The number of thiophene rings is 1. The Hall–Kier alpha value is -1.69. The Kier molecular flexibility index (Phi) is 3.48. The van der Waals surface area contributed by atoms with Gasteiger partial charge in [0.25, 0.3) is 5.91 Å². The van der Waals surface area contributed by atoms with Crippen molar-refractivity contribution in [3.8, 4) is 0 Å². The van der Waals surface area contributed by atoms with E-state index >= 15 is 0 Å². The Balaban J connectivity index is 1.56. The van der Waals surface area contributed by atoms with E-state index in [1.807, 2.05) is 30.3 Å². The van der Waals surface area contributed by atoms with Crippen LogP contribution in [0.1, 0.15) is 37.3 Å². The maximum Gasteiger partial charge on any atom is 0.261 e. The van der Waals surface area contributed by atoms with E-state index in [2.05, 4.69) is 5.32 Å². The number of fused-ring (bicyclic) bond motifs is 2. The summed E-state index contributed by atoms with van der Waals surface area (Å²) in [5.74, 6) is -0.111. The van der Waals surface area contributed by atoms with Gasteiger partial charge >= 0.3 is 0 Å². The Morgan fingerprint density at radius 1 is 1.32 bits per heavy atom. The minimum absolute atomic E-state index is 0.111. The fourth-order valence-electron chi connectivity index (χ4n) is 3.22. The van der Waals surface area contributed by atoms with E-state index in [1.54, 1.807) is 0 Å². The number of hydrogen-bond donors (Lipinski definition) is 2. The van der Waals surface area contributed by atoms with Gasteiger partial charge in [-0.3, -0.25) is 4.79 Å². The molecule has 2 aliphatic rings. The molecule has 4 nitrogen and oxygen atoms in total. The summed E-state index contributed by atoms with van der Waals surface area (Å²) in [6.45, 7) is 1.32. The lowest BCUT2D eigenvalue weighted by Crippen LogP contribution is -2.33. The fraction of sp³-hybridized carbons (Fsp3) is 0.353. The highest BCUT2D eigenvalue weighted by molar-refractivity contribution is 7.14. The SMILES string of the molecule is O=C(N[C@@H]1c2ccccc2C[C@@H]1O)c1cc2c(s1)CCOC2. The van der Waals surface area contributed by atoms with Crippen LogP contribution in [0.25, 0.3) is 0 Å². The van der Waals surface area contributed by atoms with Crippen molar-refractivity contribution in [2.24, 2.45) is 0 Å². The summed E-state index contributed by atoms with van der Waals surface area (Å²) in [7, 11) is 0. The second-order valence-electron chi connectivity index (χ2n) is 5.78. The second kappa shape index (κ2) is 5.50. The van der Waals surface area contributed by atoms with Gasteiger partial charge in [-0.15, -0.1) is 11.3 Å². The predicted octanol–water partition coefficient (Wildman–Crippen LogP) is 2.21. The molecule has 0 bridgehead atoms. The average molecular weight is 315 g/mol. The molecule has 2 heterocycles. The molecule has 0 saturated carbocycles. The Bertz CT molecular complexity index is 701. The zero-order valence-electron chi connectivity index (χ0n) is 12.0. The van der Waals surface area contributed by atoms with Crippen molar-refractivity contribution in [3.63, 3.8) is 0 Å². The molecule has 1 aromatic carbocycles. The third-order valence-corrected chi connectivity index (χ3v) is 5.58. The Morgan fingerprint density at radius 2 is 2.18 bits per heavy atom. The van der Waals surface area contributed by atoms with Crippen molar-refractivity contribution in [1.29, 1.82) is 0 Å². The van der Waals surface area contributed by atoms with E-state index in [0.717, 1.165) is 29.7 Å². The van der Waals surface area contributed by atoms with Gasteiger partial charge in [0.1, 0.15) is 0 Å². The van der Waals surface area contributed by atoms with E-state index in [1.165, 1.54) is 16.2 Å². The van der Waals surface area contributed by atoms with Crippen LogP contribution in [-0.2, 0) is 24.2 Å². The Labute approximate surface area is 132 Å². The lowest BCUT2D eigenvalue weighted by molar-refractivity contribution is 0.0861. The van der Waals surface area contributed by atoms with Crippen molar-refractivity contribution < 1.29 is 14.6 Å². The molecule has 1 aliphatic carbocycles. The fourth-order valence-corrected chi connectivity index (χ4v) is 4.27. The zero-order valence-corrected chi connectivity index (χ0v) is 12.9. The minimum Gasteiger partial charge on any atom is -0.390 e. The third kappa shape index (κ3) is 2.35. The van der Waals surface area contributed by atoms with Gasteiger partial charge in [-0.1, -0.05) is 24.3 Å². The normalized spacial score (nSPS) is 23.0. The van der Waals surface area contributed by atoms with Gasteiger partial charge in [0.05, 0.1) is 30.2 Å². The first-order chi connectivity index (χ1) is 10.7. The van der Waals surface area contributed by atoms with Gasteiger partial charge in [-0.05, 0) is 22.8 Å². The van der Waals surface area contributed by atoms with Gasteiger partial charge in [0, 0.05) is 17.7 Å². The molecule has 1 amide bonds. The highest BCUT2D eigenvalue weighted by Crippen LogP contribution is 2.32. The lowest BCUT2D eigenvalue weighted by Gasteiger charge is -2.17. The van der Waals surface area contributed by atoms with Crippen LogP contribution < -0.4 is 5.32 Å². The predicted molar refractivity (Wildman–Crippen MR) is 84.0 cm³/mol. The van der Waals surface area contributed by atoms with E-state index in [-0.39, 0.29) is 11.9 Å². The van der Waals surface area contributed by atoms with E-state index in [9.17, 15) is 9.90 Å². The van der Waals surface area contributed by atoms with Gasteiger partial charge in [0.15, 0.2) is 0 Å². The smallest absolute Gasteiger partial charge is 0.261 e. The Morgan fingerprint density at radius 3 is 3.05 bits per heavy atom. The number of benzene rings is 1. The number of carbonyl (C=O) groups excluding carboxylic acids is 1. The monoisotopic (exact) mass is 315 g/mol. The summed E-state index contributed by atoms with van der Waals surface area (Å²) in [5, 5.41) is 13.2. The molecule has 2 aromatic rings. The molecule has 1 aromatic heterocycles. The van der Waals surface area contributed by atoms with E-state index in [4.69, 9.17) is 4.74 Å². The number of aliphatic hydroxyl groups excluding tert-OH is 1. The first-order valence-electron chi connectivity index (χ1n) is 7.48. The first kappa shape index (κ1) is 13.9. The summed E-state index contributed by atoms with van der Waals surface area (Å²) >= 11 is 1.54. The van der Waals surface area contributed by atoms with Crippen LogP contribution in [0, 0.1) is 0 Å². The number of amides is 1. The summed E-state index contributed by atoms with van der Waals surface area (Å²) in [5.41, 5.74) is 3.25. The maximum absolute atomic E-state index is 12.5. The van der Waals surface area contributed by atoms with Gasteiger partial charge in [-0.25, -0.2) is 0 Å². The molecule has 4 rings (SSSR count). The highest BCUT2D eigenvalue weighted by atomic mass is 32.1. The van der Waals surface area contributed by atoms with Crippen molar-refractivity contribution in [2.75, 3.05) is 6.61 Å². The standard InChI is InChI=1S/C17H17NO3S/c19-13-7-10-3-1-2-4-12(10)16(13)18-17(20)15-8-11-9-21-6-5-14(11)22-15/h1-4,8,13,16,19H,5-7,9H2,(H,18,20)/t13-,16+/m0/s1. The molecule has 0 spiro atoms. The molecule has 0 unspecified atom stereocenters. The molecule has 2 atom stereocenters. The van der Waals surface area contributed by atoms with Crippen LogP contribution in [0.5, 0.6) is 0 Å². The van der Waals surface area contributed by atoms with E-state index in [0.29, 0.717) is 17.9 Å².